The van der Waals surface area contributed by atoms with Crippen LogP contribution in [0.15, 0.2) is 84.9 Å². The van der Waals surface area contributed by atoms with Gasteiger partial charge in [0.2, 0.25) is 11.8 Å². The fraction of sp³-hybridized carbons (Fsp3) is 0.259. The van der Waals surface area contributed by atoms with Crippen molar-refractivity contribution in [1.82, 2.24) is 5.32 Å². The summed E-state index contributed by atoms with van der Waals surface area (Å²) < 4.78 is 5.17. The van der Waals surface area contributed by atoms with Gasteiger partial charge in [0.25, 0.3) is 0 Å². The molecule has 0 aliphatic carbocycles. The van der Waals surface area contributed by atoms with Gasteiger partial charge in [-0.1, -0.05) is 60.7 Å². The summed E-state index contributed by atoms with van der Waals surface area (Å²) >= 11 is 0. The number of amides is 2. The number of anilines is 1. The van der Waals surface area contributed by atoms with Crippen LogP contribution in [0.2, 0.25) is 0 Å². The fourth-order valence-corrected chi connectivity index (χ4v) is 4.29. The van der Waals surface area contributed by atoms with Crippen molar-refractivity contribution in [2.24, 2.45) is 11.8 Å². The molecule has 3 aromatic rings. The molecular formula is C27H28N2O3. The predicted molar refractivity (Wildman–Crippen MR) is 125 cm³/mol. The molecule has 5 nitrogen and oxygen atoms in total. The minimum atomic E-state index is -0.341. The molecular weight excluding hydrogens is 400 g/mol. The van der Waals surface area contributed by atoms with Crippen LogP contribution in [0.3, 0.4) is 0 Å². The number of carbonyl (C=O) groups excluding carboxylic acids is 2. The molecule has 1 heterocycles. The number of methoxy groups -OCH3 is 1. The molecule has 1 fully saturated rings. The smallest absolute Gasteiger partial charge is 0.230 e. The van der Waals surface area contributed by atoms with Crippen molar-refractivity contribution in [3.63, 3.8) is 0 Å². The zero-order valence-corrected chi connectivity index (χ0v) is 18.2. The van der Waals surface area contributed by atoms with Gasteiger partial charge in [0, 0.05) is 25.2 Å². The van der Waals surface area contributed by atoms with Gasteiger partial charge in [-0.2, -0.15) is 0 Å². The average Bonchev–Trinajstić information content (AvgIpc) is 3.14. The van der Waals surface area contributed by atoms with Crippen molar-refractivity contribution in [3.8, 4) is 5.75 Å². The SMILES string of the molecule is COc1ccc(CNC(=O)C[C@H]2C(=O)N(c3ccccc3)C[C@@H]2Cc2ccccc2)cc1. The molecule has 0 spiro atoms. The van der Waals surface area contributed by atoms with E-state index in [0.29, 0.717) is 13.1 Å². The lowest BCUT2D eigenvalue weighted by atomic mass is 9.87. The van der Waals surface area contributed by atoms with Crippen LogP contribution in [0.5, 0.6) is 5.75 Å². The van der Waals surface area contributed by atoms with Crippen molar-refractivity contribution >= 4 is 17.5 Å². The Morgan fingerprint density at radius 3 is 2.25 bits per heavy atom. The minimum absolute atomic E-state index is 0.0247. The number of nitrogens with one attached hydrogen (secondary N) is 1. The van der Waals surface area contributed by atoms with E-state index in [1.807, 2.05) is 77.7 Å². The lowest BCUT2D eigenvalue weighted by Gasteiger charge is -2.16. The highest BCUT2D eigenvalue weighted by molar-refractivity contribution is 5.99. The zero-order chi connectivity index (χ0) is 22.3. The molecule has 2 atom stereocenters. The number of hydrogen-bond donors (Lipinski definition) is 1. The Morgan fingerprint density at radius 1 is 0.938 bits per heavy atom. The summed E-state index contributed by atoms with van der Waals surface area (Å²) in [6.07, 6.45) is 0.960. The van der Waals surface area contributed by atoms with Gasteiger partial charge in [0.05, 0.1) is 13.0 Å². The van der Waals surface area contributed by atoms with Crippen molar-refractivity contribution in [3.05, 3.63) is 96.1 Å². The van der Waals surface area contributed by atoms with E-state index in [9.17, 15) is 9.59 Å². The van der Waals surface area contributed by atoms with Crippen molar-refractivity contribution in [2.75, 3.05) is 18.6 Å². The molecule has 0 aromatic heterocycles. The van der Waals surface area contributed by atoms with Crippen LogP contribution in [-0.2, 0) is 22.6 Å². The molecule has 2 amide bonds. The van der Waals surface area contributed by atoms with E-state index in [0.717, 1.165) is 23.4 Å². The first-order chi connectivity index (χ1) is 15.6. The molecule has 1 aliphatic heterocycles. The van der Waals surface area contributed by atoms with Gasteiger partial charge in [-0.15, -0.1) is 0 Å². The summed E-state index contributed by atoms with van der Waals surface area (Å²) in [4.78, 5) is 27.9. The Morgan fingerprint density at radius 2 is 1.59 bits per heavy atom. The van der Waals surface area contributed by atoms with Gasteiger partial charge in [-0.05, 0) is 47.7 Å². The van der Waals surface area contributed by atoms with Gasteiger partial charge >= 0.3 is 0 Å². The Bertz CT molecular complexity index is 1040. The largest absolute Gasteiger partial charge is 0.497 e. The number of para-hydroxylation sites is 1. The second-order valence-corrected chi connectivity index (χ2v) is 8.17. The summed E-state index contributed by atoms with van der Waals surface area (Å²) in [6, 6.07) is 27.5. The third kappa shape index (κ3) is 5.17. The molecule has 0 unspecified atom stereocenters. The summed E-state index contributed by atoms with van der Waals surface area (Å²) in [6.45, 7) is 1.05. The first kappa shape index (κ1) is 21.6. The third-order valence-corrected chi connectivity index (χ3v) is 6.03. The van der Waals surface area contributed by atoms with E-state index >= 15 is 0 Å². The normalized spacial score (nSPS) is 17.9. The molecule has 0 saturated carbocycles. The zero-order valence-electron chi connectivity index (χ0n) is 18.2. The average molecular weight is 429 g/mol. The van der Waals surface area contributed by atoms with Crippen molar-refractivity contribution < 1.29 is 14.3 Å². The first-order valence-corrected chi connectivity index (χ1v) is 10.9. The van der Waals surface area contributed by atoms with E-state index in [-0.39, 0.29) is 30.1 Å². The molecule has 4 rings (SSSR count). The van der Waals surface area contributed by atoms with Crippen LogP contribution < -0.4 is 15.0 Å². The molecule has 1 N–H and O–H groups in total. The summed E-state index contributed by atoms with van der Waals surface area (Å²) in [5.74, 6) is 0.438. The fourth-order valence-electron chi connectivity index (χ4n) is 4.29. The van der Waals surface area contributed by atoms with Gasteiger partial charge in [-0.25, -0.2) is 0 Å². The van der Waals surface area contributed by atoms with Crippen LogP contribution in [0, 0.1) is 11.8 Å². The monoisotopic (exact) mass is 428 g/mol. The predicted octanol–water partition coefficient (Wildman–Crippen LogP) is 4.22. The Balaban J connectivity index is 1.45. The van der Waals surface area contributed by atoms with Crippen LogP contribution in [0.4, 0.5) is 5.69 Å². The lowest BCUT2D eigenvalue weighted by molar-refractivity contribution is -0.128. The van der Waals surface area contributed by atoms with Crippen molar-refractivity contribution in [1.29, 1.82) is 0 Å². The maximum atomic E-state index is 13.3. The van der Waals surface area contributed by atoms with Crippen LogP contribution in [0.1, 0.15) is 17.5 Å². The quantitative estimate of drug-likeness (QED) is 0.584. The highest BCUT2D eigenvalue weighted by Gasteiger charge is 2.41. The summed E-state index contributed by atoms with van der Waals surface area (Å²) in [5.41, 5.74) is 3.06. The number of benzene rings is 3. The number of ether oxygens (including phenoxy) is 1. The minimum Gasteiger partial charge on any atom is -0.497 e. The molecule has 0 bridgehead atoms. The van der Waals surface area contributed by atoms with Crippen LogP contribution in [-0.4, -0.2) is 25.5 Å². The van der Waals surface area contributed by atoms with Gasteiger partial charge in [0.15, 0.2) is 0 Å². The number of hydrogen-bond acceptors (Lipinski definition) is 3. The van der Waals surface area contributed by atoms with Gasteiger partial charge < -0.3 is 15.0 Å². The highest BCUT2D eigenvalue weighted by atomic mass is 16.5. The van der Waals surface area contributed by atoms with E-state index < -0.39 is 0 Å². The van der Waals surface area contributed by atoms with E-state index in [1.54, 1.807) is 7.11 Å². The molecule has 32 heavy (non-hydrogen) atoms. The lowest BCUT2D eigenvalue weighted by Crippen LogP contribution is -2.31. The standard InChI is InChI=1S/C27H28N2O3/c1-32-24-14-12-21(13-15-24)18-28-26(30)17-25-22(16-20-8-4-2-5-9-20)19-29(27(25)31)23-10-6-3-7-11-23/h2-15,22,25H,16-19H2,1H3,(H,28,30)/t22-,25+/m0/s1. The van der Waals surface area contributed by atoms with E-state index in [2.05, 4.69) is 17.4 Å². The first-order valence-electron chi connectivity index (χ1n) is 10.9. The molecule has 3 aromatic carbocycles. The van der Waals surface area contributed by atoms with Gasteiger partial charge in [0.1, 0.15) is 5.75 Å². The molecule has 164 valence electrons. The molecule has 1 aliphatic rings. The topological polar surface area (TPSA) is 58.6 Å². The Kier molecular flexibility index (Phi) is 6.85. The van der Waals surface area contributed by atoms with Crippen molar-refractivity contribution in [2.45, 2.75) is 19.4 Å². The molecule has 1 saturated heterocycles. The molecule has 5 heteroatoms. The number of nitrogens with zero attached hydrogens (tertiary/aromatic N) is 1. The highest BCUT2D eigenvalue weighted by Crippen LogP contribution is 2.34. The Hall–Kier alpha value is -3.60. The van der Waals surface area contributed by atoms with Gasteiger partial charge in [-0.3, -0.25) is 9.59 Å². The van der Waals surface area contributed by atoms with E-state index in [1.165, 1.54) is 5.56 Å². The third-order valence-electron chi connectivity index (χ3n) is 6.03. The van der Waals surface area contributed by atoms with E-state index in [4.69, 9.17) is 4.74 Å². The molecule has 0 radical (unpaired) electrons. The second kappa shape index (κ2) is 10.1. The maximum absolute atomic E-state index is 13.3. The number of carbonyl (C=O) groups is 2. The van der Waals surface area contributed by atoms with Crippen LogP contribution >= 0.6 is 0 Å². The maximum Gasteiger partial charge on any atom is 0.230 e. The summed E-state index contributed by atoms with van der Waals surface area (Å²) in [7, 11) is 1.62. The Labute approximate surface area is 189 Å². The summed E-state index contributed by atoms with van der Waals surface area (Å²) in [5, 5.41) is 2.97. The number of rotatable bonds is 8. The second-order valence-electron chi connectivity index (χ2n) is 8.17. The van der Waals surface area contributed by atoms with Crippen LogP contribution in [0.25, 0.3) is 0 Å².